The third kappa shape index (κ3) is 3.07. The highest BCUT2D eigenvalue weighted by Crippen LogP contribution is 2.41. The number of likely N-dealkylation sites (N-methyl/N-ethyl adjacent to an activating group) is 1. The Morgan fingerprint density at radius 3 is 2.92 bits per heavy atom. The quantitative estimate of drug-likeness (QED) is 0.893. The molecule has 2 fully saturated rings. The Hall–Kier alpha value is -2.18. The average molecular weight is 340 g/mol. The van der Waals surface area contributed by atoms with Crippen LogP contribution in [0.4, 0.5) is 0 Å². The fourth-order valence-corrected chi connectivity index (χ4v) is 4.06. The van der Waals surface area contributed by atoms with Gasteiger partial charge in [-0.25, -0.2) is 0 Å². The molecule has 2 aliphatic rings. The molecular formula is C19H24N4O2. The van der Waals surface area contributed by atoms with Crippen molar-refractivity contribution in [2.45, 2.75) is 31.2 Å². The Labute approximate surface area is 147 Å². The van der Waals surface area contributed by atoms with Gasteiger partial charge in [0.25, 0.3) is 5.91 Å². The fourth-order valence-electron chi connectivity index (χ4n) is 4.06. The first-order chi connectivity index (χ1) is 12.1. The van der Waals surface area contributed by atoms with E-state index in [9.17, 15) is 4.79 Å². The number of fused-ring (bicyclic) bond motifs is 1. The van der Waals surface area contributed by atoms with Gasteiger partial charge < -0.3 is 15.0 Å². The van der Waals surface area contributed by atoms with Crippen molar-refractivity contribution in [3.8, 4) is 0 Å². The summed E-state index contributed by atoms with van der Waals surface area (Å²) >= 11 is 0. The molecule has 4 rings (SSSR count). The van der Waals surface area contributed by atoms with Crippen LogP contribution in [0.25, 0.3) is 0 Å². The minimum Gasteiger partial charge on any atom is -0.376 e. The van der Waals surface area contributed by atoms with Crippen molar-refractivity contribution in [1.82, 2.24) is 20.0 Å². The van der Waals surface area contributed by atoms with Crippen molar-refractivity contribution in [1.29, 1.82) is 0 Å². The fraction of sp³-hybridized carbons (Fsp3) is 0.474. The molecule has 132 valence electrons. The van der Waals surface area contributed by atoms with Crippen molar-refractivity contribution < 1.29 is 9.53 Å². The molecule has 0 unspecified atom stereocenters. The number of nitrogens with zero attached hydrogens (tertiary/aromatic N) is 3. The molecule has 1 aromatic carbocycles. The minimum atomic E-state index is -0.0542. The summed E-state index contributed by atoms with van der Waals surface area (Å²) in [5, 5.41) is 7.52. The van der Waals surface area contributed by atoms with Crippen molar-refractivity contribution in [2.24, 2.45) is 5.92 Å². The van der Waals surface area contributed by atoms with Crippen LogP contribution in [0.1, 0.15) is 22.3 Å². The number of hydrogen-bond donors (Lipinski definition) is 1. The van der Waals surface area contributed by atoms with Gasteiger partial charge in [-0.1, -0.05) is 30.3 Å². The Bertz CT molecular complexity index is 743. The van der Waals surface area contributed by atoms with Crippen molar-refractivity contribution in [3.05, 3.63) is 53.9 Å². The lowest BCUT2D eigenvalue weighted by atomic mass is 9.71. The van der Waals surface area contributed by atoms with E-state index in [2.05, 4.69) is 27.4 Å². The number of aromatic nitrogens is 2. The van der Waals surface area contributed by atoms with Crippen LogP contribution in [0.3, 0.4) is 0 Å². The zero-order valence-electron chi connectivity index (χ0n) is 14.6. The van der Waals surface area contributed by atoms with Gasteiger partial charge in [-0.05, 0) is 26.1 Å². The number of carbonyl (C=O) groups excluding carboxylic acids is 1. The largest absolute Gasteiger partial charge is 0.376 e. The predicted octanol–water partition coefficient (Wildman–Crippen LogP) is 1.38. The summed E-state index contributed by atoms with van der Waals surface area (Å²) in [5.74, 6) is 0.372. The van der Waals surface area contributed by atoms with Crippen molar-refractivity contribution in [2.75, 3.05) is 20.7 Å². The van der Waals surface area contributed by atoms with Crippen LogP contribution >= 0.6 is 0 Å². The van der Waals surface area contributed by atoms with Crippen LogP contribution < -0.4 is 5.32 Å². The highest BCUT2D eigenvalue weighted by atomic mass is 16.5. The van der Waals surface area contributed by atoms with Gasteiger partial charge in [0.15, 0.2) is 0 Å². The van der Waals surface area contributed by atoms with Crippen LogP contribution in [0.5, 0.6) is 0 Å². The molecule has 1 amide bonds. The molecule has 1 aliphatic carbocycles. The van der Waals surface area contributed by atoms with Gasteiger partial charge in [0.05, 0.1) is 36.5 Å². The van der Waals surface area contributed by atoms with Gasteiger partial charge in [0.1, 0.15) is 0 Å². The molecule has 1 saturated heterocycles. The lowest BCUT2D eigenvalue weighted by Gasteiger charge is -2.50. The third-order valence-corrected chi connectivity index (χ3v) is 5.33. The second-order valence-electron chi connectivity index (χ2n) is 7.15. The smallest absolute Gasteiger partial charge is 0.254 e. The number of hydrogen-bond acceptors (Lipinski definition) is 4. The Kier molecular flexibility index (Phi) is 4.31. The second kappa shape index (κ2) is 6.61. The van der Waals surface area contributed by atoms with Crippen molar-refractivity contribution in [3.63, 3.8) is 0 Å². The summed E-state index contributed by atoms with van der Waals surface area (Å²) in [6.07, 6.45) is 4.73. The average Bonchev–Trinajstić information content (AvgIpc) is 3.21. The molecule has 1 aliphatic heterocycles. The molecule has 2 aromatic rings. The molecule has 6 nitrogen and oxygen atoms in total. The Balaban J connectivity index is 1.41. The standard InChI is InChI=1S/C19H24N4O2/c1-22(2)17-16(15-8-9-25-18(15)17)21-19(24)14-10-20-23(12-14)11-13-6-4-3-5-7-13/h3-7,10,12,15-18H,8-9,11H2,1-2H3,(H,21,24)/t15-,16+,17-,18-/m1/s1. The molecule has 6 heteroatoms. The lowest BCUT2D eigenvalue weighted by Crippen LogP contribution is -2.69. The zero-order valence-corrected chi connectivity index (χ0v) is 14.6. The van der Waals surface area contributed by atoms with Gasteiger partial charge >= 0.3 is 0 Å². The summed E-state index contributed by atoms with van der Waals surface area (Å²) < 4.78 is 7.61. The van der Waals surface area contributed by atoms with Gasteiger partial charge in [-0.3, -0.25) is 9.48 Å². The van der Waals surface area contributed by atoms with Gasteiger partial charge in [0.2, 0.25) is 0 Å². The minimum absolute atomic E-state index is 0.0542. The molecule has 25 heavy (non-hydrogen) atoms. The number of benzene rings is 1. The first kappa shape index (κ1) is 16.3. The molecule has 0 radical (unpaired) electrons. The molecule has 1 aromatic heterocycles. The molecule has 1 saturated carbocycles. The molecule has 2 heterocycles. The Morgan fingerprint density at radius 1 is 1.36 bits per heavy atom. The van der Waals surface area contributed by atoms with E-state index in [1.807, 2.05) is 38.5 Å². The third-order valence-electron chi connectivity index (χ3n) is 5.33. The molecule has 4 atom stereocenters. The van der Waals surface area contributed by atoms with Gasteiger partial charge in [0, 0.05) is 18.7 Å². The Morgan fingerprint density at radius 2 is 2.16 bits per heavy atom. The SMILES string of the molecule is CN(C)[C@@H]1[C@@H](NC(=O)c2cnn(Cc3ccccc3)c2)[C@H]2CCO[C@H]21. The summed E-state index contributed by atoms with van der Waals surface area (Å²) in [4.78, 5) is 14.8. The molecule has 1 N–H and O–H groups in total. The van der Waals surface area contributed by atoms with Crippen LogP contribution in [0.2, 0.25) is 0 Å². The maximum Gasteiger partial charge on any atom is 0.254 e. The molecule has 0 bridgehead atoms. The number of amides is 1. The zero-order chi connectivity index (χ0) is 17.4. The van der Waals surface area contributed by atoms with Crippen molar-refractivity contribution >= 4 is 5.91 Å². The molecular weight excluding hydrogens is 316 g/mol. The van der Waals surface area contributed by atoms with E-state index in [4.69, 9.17) is 4.74 Å². The summed E-state index contributed by atoms with van der Waals surface area (Å²) in [6.45, 7) is 1.46. The second-order valence-corrected chi connectivity index (χ2v) is 7.15. The first-order valence-electron chi connectivity index (χ1n) is 8.79. The maximum atomic E-state index is 12.6. The number of carbonyl (C=O) groups is 1. The van der Waals surface area contributed by atoms with E-state index in [0.29, 0.717) is 18.0 Å². The summed E-state index contributed by atoms with van der Waals surface area (Å²) in [7, 11) is 4.08. The van der Waals surface area contributed by atoms with E-state index in [1.165, 1.54) is 0 Å². The predicted molar refractivity (Wildman–Crippen MR) is 94.3 cm³/mol. The van der Waals surface area contributed by atoms with Crippen LogP contribution in [-0.4, -0.2) is 59.5 Å². The van der Waals surface area contributed by atoms with Crippen LogP contribution in [0.15, 0.2) is 42.7 Å². The maximum absolute atomic E-state index is 12.6. The highest BCUT2D eigenvalue weighted by molar-refractivity contribution is 5.94. The number of ether oxygens (including phenoxy) is 1. The summed E-state index contributed by atoms with van der Waals surface area (Å²) in [6, 6.07) is 10.5. The van der Waals surface area contributed by atoms with Gasteiger partial charge in [-0.15, -0.1) is 0 Å². The van der Waals surface area contributed by atoms with E-state index in [1.54, 1.807) is 10.9 Å². The number of nitrogens with one attached hydrogen (secondary N) is 1. The van der Waals surface area contributed by atoms with Crippen LogP contribution in [0, 0.1) is 5.92 Å². The first-order valence-corrected chi connectivity index (χ1v) is 8.79. The lowest BCUT2D eigenvalue weighted by molar-refractivity contribution is -0.0664. The monoisotopic (exact) mass is 340 g/mol. The highest BCUT2D eigenvalue weighted by Gasteiger charge is 2.55. The number of rotatable bonds is 5. The van der Waals surface area contributed by atoms with E-state index in [0.717, 1.165) is 18.6 Å². The van der Waals surface area contributed by atoms with Crippen LogP contribution in [-0.2, 0) is 11.3 Å². The van der Waals surface area contributed by atoms with E-state index >= 15 is 0 Å². The molecule has 0 spiro atoms. The topological polar surface area (TPSA) is 59.4 Å². The van der Waals surface area contributed by atoms with Gasteiger partial charge in [-0.2, -0.15) is 5.10 Å². The summed E-state index contributed by atoms with van der Waals surface area (Å²) in [5.41, 5.74) is 1.77. The van der Waals surface area contributed by atoms with E-state index in [-0.39, 0.29) is 24.1 Å². The van der Waals surface area contributed by atoms with E-state index < -0.39 is 0 Å². The normalized spacial score (nSPS) is 27.8.